The molecule has 3 aliphatic rings. The number of rotatable bonds is 3. The van der Waals surface area contributed by atoms with E-state index in [1.807, 2.05) is 40.7 Å². The van der Waals surface area contributed by atoms with E-state index < -0.39 is 0 Å². The predicted octanol–water partition coefficient (Wildman–Crippen LogP) is 1.44. The highest BCUT2D eigenvalue weighted by atomic mass is 35.5. The van der Waals surface area contributed by atoms with E-state index in [-0.39, 0.29) is 35.5 Å². The van der Waals surface area contributed by atoms with Gasteiger partial charge >= 0.3 is 0 Å². The van der Waals surface area contributed by atoms with Crippen molar-refractivity contribution in [3.8, 4) is 0 Å². The smallest absolute Gasteiger partial charge is 0.243 e. The summed E-state index contributed by atoms with van der Waals surface area (Å²) < 4.78 is 1.84. The first kappa shape index (κ1) is 21.9. The Labute approximate surface area is 193 Å². The van der Waals surface area contributed by atoms with E-state index in [1.165, 1.54) is 0 Å². The number of hydrogen-bond acceptors (Lipinski definition) is 7. The molecule has 9 nitrogen and oxygen atoms in total. The number of piperidine rings is 1. The lowest BCUT2D eigenvalue weighted by molar-refractivity contribution is -0.140. The van der Waals surface area contributed by atoms with Crippen molar-refractivity contribution in [3.63, 3.8) is 0 Å². The molecule has 3 fully saturated rings. The molecule has 174 valence electrons. The maximum Gasteiger partial charge on any atom is 0.243 e. The van der Waals surface area contributed by atoms with Gasteiger partial charge in [-0.05, 0) is 39.5 Å². The molecule has 5 heterocycles. The van der Waals surface area contributed by atoms with Crippen molar-refractivity contribution in [3.05, 3.63) is 23.5 Å². The minimum absolute atomic E-state index is 0.0540. The molecule has 10 heteroatoms. The van der Waals surface area contributed by atoms with E-state index in [0.29, 0.717) is 0 Å². The molecule has 0 radical (unpaired) electrons. The second kappa shape index (κ2) is 8.44. The number of halogens is 1. The maximum absolute atomic E-state index is 13.6. The number of hydrogen-bond donors (Lipinski definition) is 2. The first-order valence-electron chi connectivity index (χ1n) is 11.6. The Hall–Kier alpha value is -1.94. The van der Waals surface area contributed by atoms with Gasteiger partial charge in [0.15, 0.2) is 5.65 Å². The lowest BCUT2D eigenvalue weighted by Crippen LogP contribution is -2.51. The third-order valence-corrected chi connectivity index (χ3v) is 7.75. The average Bonchev–Trinajstić information content (AvgIpc) is 3.44. The van der Waals surface area contributed by atoms with Crippen LogP contribution in [-0.2, 0) is 4.79 Å². The second-order valence-electron chi connectivity index (χ2n) is 9.58. The van der Waals surface area contributed by atoms with Crippen molar-refractivity contribution < 1.29 is 4.79 Å². The summed E-state index contributed by atoms with van der Waals surface area (Å²) >= 11 is 6.61. The van der Waals surface area contributed by atoms with Crippen molar-refractivity contribution in [1.82, 2.24) is 29.9 Å². The van der Waals surface area contributed by atoms with Gasteiger partial charge < -0.3 is 15.5 Å². The molecule has 3 N–H and O–H groups in total. The van der Waals surface area contributed by atoms with Crippen LogP contribution in [-0.4, -0.2) is 80.6 Å². The highest BCUT2D eigenvalue weighted by Gasteiger charge is 2.45. The SMILES string of the molecule is Cc1cn2nc([C@@H]3CCCCN3C(=O)C3C(Cl)C(C)NN3C)cc2nc1N1CC[C@H](N)C1. The number of carbonyl (C=O) groups excluding carboxylic acids is 1. The molecule has 0 aliphatic carbocycles. The van der Waals surface area contributed by atoms with E-state index in [4.69, 9.17) is 27.4 Å². The number of aryl methyl sites for hydroxylation is 1. The molecular weight excluding hydrogens is 428 g/mol. The fourth-order valence-electron chi connectivity index (χ4n) is 5.42. The summed E-state index contributed by atoms with van der Waals surface area (Å²) in [6.45, 7) is 6.56. The van der Waals surface area contributed by atoms with E-state index in [2.05, 4.69) is 17.2 Å². The Morgan fingerprint density at radius 3 is 2.78 bits per heavy atom. The summed E-state index contributed by atoms with van der Waals surface area (Å²) in [6, 6.07) is 1.85. The van der Waals surface area contributed by atoms with Gasteiger partial charge in [0.1, 0.15) is 11.9 Å². The monoisotopic (exact) mass is 460 g/mol. The number of amides is 1. The van der Waals surface area contributed by atoms with Crippen LogP contribution in [0.1, 0.15) is 49.9 Å². The molecule has 3 saturated heterocycles. The molecule has 5 rings (SSSR count). The van der Waals surface area contributed by atoms with Gasteiger partial charge in [-0.25, -0.2) is 14.5 Å². The topological polar surface area (TPSA) is 95.0 Å². The highest BCUT2D eigenvalue weighted by Crippen LogP contribution is 2.34. The van der Waals surface area contributed by atoms with Crippen molar-refractivity contribution in [2.45, 2.75) is 69.1 Å². The summed E-state index contributed by atoms with van der Waals surface area (Å²) in [5, 5.41) is 6.44. The number of hydrazine groups is 1. The van der Waals surface area contributed by atoms with E-state index in [9.17, 15) is 4.79 Å². The molecule has 0 aromatic carbocycles. The number of nitrogens with two attached hydrogens (primary N) is 1. The number of fused-ring (bicyclic) bond motifs is 1. The quantitative estimate of drug-likeness (QED) is 0.669. The van der Waals surface area contributed by atoms with Crippen LogP contribution in [0.5, 0.6) is 0 Å². The first-order chi connectivity index (χ1) is 15.3. The van der Waals surface area contributed by atoms with Gasteiger partial charge in [-0.15, -0.1) is 11.6 Å². The van der Waals surface area contributed by atoms with Crippen LogP contribution in [0.4, 0.5) is 5.82 Å². The van der Waals surface area contributed by atoms with Gasteiger partial charge in [-0.2, -0.15) is 5.10 Å². The standard InChI is InChI=1S/C22H33ClN8O/c1-13-11-31-18(25-21(13)29-9-7-15(24)12-29)10-16(27-31)17-6-4-5-8-30(17)22(32)20-19(23)14(2)26-28(20)3/h10-11,14-15,17,19-20,26H,4-9,12,24H2,1-3H3/t14?,15-,17-,19?,20?/m0/s1. The summed E-state index contributed by atoms with van der Waals surface area (Å²) in [6.07, 6.45) is 5.99. The Balaban J connectivity index is 1.44. The average molecular weight is 461 g/mol. The van der Waals surface area contributed by atoms with Gasteiger partial charge in [-0.1, -0.05) is 0 Å². The molecule has 3 unspecified atom stereocenters. The minimum Gasteiger partial charge on any atom is -0.355 e. The summed E-state index contributed by atoms with van der Waals surface area (Å²) in [7, 11) is 1.89. The largest absolute Gasteiger partial charge is 0.355 e. The number of alkyl halides is 1. The number of anilines is 1. The van der Waals surface area contributed by atoms with Gasteiger partial charge in [0.05, 0.1) is 17.1 Å². The lowest BCUT2D eigenvalue weighted by Gasteiger charge is -2.37. The number of carbonyl (C=O) groups is 1. The number of likely N-dealkylation sites (N-methyl/N-ethyl adjacent to an activating group) is 1. The Morgan fingerprint density at radius 2 is 2.09 bits per heavy atom. The zero-order valence-corrected chi connectivity index (χ0v) is 19.8. The maximum atomic E-state index is 13.6. The van der Waals surface area contributed by atoms with Gasteiger partial charge in [-0.3, -0.25) is 10.2 Å². The van der Waals surface area contributed by atoms with Crippen LogP contribution < -0.4 is 16.1 Å². The van der Waals surface area contributed by atoms with Gasteiger partial charge in [0.2, 0.25) is 5.91 Å². The fraction of sp³-hybridized carbons (Fsp3) is 0.682. The molecule has 2 aromatic rings. The number of likely N-dealkylation sites (tertiary alicyclic amines) is 1. The van der Waals surface area contributed by atoms with Crippen molar-refractivity contribution in [1.29, 1.82) is 0 Å². The van der Waals surface area contributed by atoms with Crippen LogP contribution in [0.15, 0.2) is 12.3 Å². The van der Waals surface area contributed by atoms with E-state index in [0.717, 1.165) is 68.0 Å². The molecule has 1 amide bonds. The van der Waals surface area contributed by atoms with Crippen LogP contribution in [0.25, 0.3) is 5.65 Å². The third kappa shape index (κ3) is 3.75. The zero-order chi connectivity index (χ0) is 22.6. The van der Waals surface area contributed by atoms with Gasteiger partial charge in [0, 0.05) is 56.6 Å². The normalized spacial score (nSPS) is 31.7. The van der Waals surface area contributed by atoms with Crippen molar-refractivity contribution >= 4 is 29.0 Å². The molecule has 3 aliphatic heterocycles. The summed E-state index contributed by atoms with van der Waals surface area (Å²) in [5.41, 5.74) is 12.2. The van der Waals surface area contributed by atoms with Crippen LogP contribution in [0, 0.1) is 6.92 Å². The molecule has 0 saturated carbocycles. The van der Waals surface area contributed by atoms with Crippen LogP contribution in [0.3, 0.4) is 0 Å². The Kier molecular flexibility index (Phi) is 5.77. The minimum atomic E-state index is -0.379. The molecule has 2 aromatic heterocycles. The van der Waals surface area contributed by atoms with Gasteiger partial charge in [0.25, 0.3) is 0 Å². The highest BCUT2D eigenvalue weighted by molar-refractivity contribution is 6.23. The number of aromatic nitrogens is 3. The fourth-order valence-corrected chi connectivity index (χ4v) is 5.75. The Bertz CT molecular complexity index is 1010. The number of nitrogens with zero attached hydrogens (tertiary/aromatic N) is 6. The number of nitrogens with one attached hydrogen (secondary N) is 1. The van der Waals surface area contributed by atoms with Crippen LogP contribution >= 0.6 is 11.6 Å². The Morgan fingerprint density at radius 1 is 1.28 bits per heavy atom. The zero-order valence-electron chi connectivity index (χ0n) is 19.0. The molecule has 32 heavy (non-hydrogen) atoms. The molecular formula is C22H33ClN8O. The molecule has 0 bridgehead atoms. The van der Waals surface area contributed by atoms with Crippen molar-refractivity contribution in [2.75, 3.05) is 31.6 Å². The molecule has 5 atom stereocenters. The van der Waals surface area contributed by atoms with E-state index >= 15 is 0 Å². The summed E-state index contributed by atoms with van der Waals surface area (Å²) in [5.74, 6) is 1.05. The summed E-state index contributed by atoms with van der Waals surface area (Å²) in [4.78, 5) is 22.7. The lowest BCUT2D eigenvalue weighted by atomic mass is 9.97. The third-order valence-electron chi connectivity index (χ3n) is 7.13. The second-order valence-corrected chi connectivity index (χ2v) is 10.1. The first-order valence-corrected chi connectivity index (χ1v) is 12.1. The molecule has 0 spiro atoms. The van der Waals surface area contributed by atoms with Crippen molar-refractivity contribution in [2.24, 2.45) is 5.73 Å². The predicted molar refractivity (Wildman–Crippen MR) is 125 cm³/mol. The van der Waals surface area contributed by atoms with E-state index in [1.54, 1.807) is 0 Å². The van der Waals surface area contributed by atoms with Crippen LogP contribution in [0.2, 0.25) is 0 Å².